The van der Waals surface area contributed by atoms with Gasteiger partial charge in [0.05, 0.1) is 16.8 Å². The fraction of sp³-hybridized carbons (Fsp3) is 0.217. The van der Waals surface area contributed by atoms with Crippen LogP contribution in [0, 0.1) is 5.41 Å². The number of hydrogen-bond acceptors (Lipinski definition) is 8. The lowest BCUT2D eigenvalue weighted by Crippen LogP contribution is -2.28. The third-order valence-corrected chi connectivity index (χ3v) is 6.08. The summed E-state index contributed by atoms with van der Waals surface area (Å²) >= 11 is 6.06. The summed E-state index contributed by atoms with van der Waals surface area (Å²) in [6.07, 6.45) is 5.00. The van der Waals surface area contributed by atoms with Gasteiger partial charge in [0, 0.05) is 30.7 Å². The van der Waals surface area contributed by atoms with Crippen LogP contribution in [0.4, 0.5) is 23.5 Å². The first-order valence-corrected chi connectivity index (χ1v) is 11.6. The van der Waals surface area contributed by atoms with E-state index in [0.29, 0.717) is 23.8 Å². The van der Waals surface area contributed by atoms with Crippen molar-refractivity contribution in [2.45, 2.75) is 32.0 Å². The Bertz CT molecular complexity index is 1530. The van der Waals surface area contributed by atoms with Gasteiger partial charge in [0.25, 0.3) is 0 Å². The van der Waals surface area contributed by atoms with E-state index in [1.165, 1.54) is 29.0 Å². The first-order chi connectivity index (χ1) is 18.2. The molecule has 0 unspecified atom stereocenters. The number of imidazole rings is 1. The van der Waals surface area contributed by atoms with Crippen LogP contribution in [0.3, 0.4) is 0 Å². The molecule has 0 saturated carbocycles. The molecule has 196 valence electrons. The molecule has 38 heavy (non-hydrogen) atoms. The van der Waals surface area contributed by atoms with Gasteiger partial charge in [-0.25, -0.2) is 15.0 Å². The largest absolute Gasteiger partial charge is 0.333 e. The Morgan fingerprint density at radius 2 is 1.95 bits per heavy atom. The van der Waals surface area contributed by atoms with Crippen molar-refractivity contribution in [3.05, 3.63) is 71.0 Å². The summed E-state index contributed by atoms with van der Waals surface area (Å²) in [7, 11) is 0. The fourth-order valence-corrected chi connectivity index (χ4v) is 4.40. The number of anilines is 1. The molecule has 0 radical (unpaired) electrons. The number of alkyl halides is 4. The first kappa shape index (κ1) is 25.3. The maximum atomic E-state index is 15.5. The number of nitrogens with zero attached hydrogens (tertiary/aromatic N) is 7. The molecule has 1 aliphatic rings. The quantitative estimate of drug-likeness (QED) is 0.167. The number of fused-ring (bicyclic) bond motifs is 3. The fourth-order valence-electron chi connectivity index (χ4n) is 4.14. The van der Waals surface area contributed by atoms with Crippen LogP contribution in [0.1, 0.15) is 24.4 Å². The lowest BCUT2D eigenvalue weighted by atomic mass is 10.1. The van der Waals surface area contributed by atoms with Crippen molar-refractivity contribution in [1.29, 1.82) is 5.41 Å². The molecule has 4 aromatic rings. The second kappa shape index (κ2) is 9.85. The van der Waals surface area contributed by atoms with Gasteiger partial charge in [-0.2, -0.15) is 17.6 Å². The van der Waals surface area contributed by atoms with Crippen LogP contribution in [0.15, 0.2) is 54.6 Å². The molecular weight excluding hydrogens is 528 g/mol. The minimum atomic E-state index is -3.50. The molecule has 1 aliphatic heterocycles. The van der Waals surface area contributed by atoms with Gasteiger partial charge < -0.3 is 20.6 Å². The molecule has 0 saturated heterocycles. The van der Waals surface area contributed by atoms with Crippen molar-refractivity contribution < 1.29 is 17.6 Å². The van der Waals surface area contributed by atoms with Crippen molar-refractivity contribution >= 4 is 23.8 Å². The van der Waals surface area contributed by atoms with Crippen LogP contribution >= 0.6 is 11.6 Å². The SMILES string of the molecule is C[C@H]1Cn2cc(-c3ccnc(N/C(=C/C=N)NC(F)F)n3)nc2-c2nnc(C(F)(F)c3ccccc3Cl)n21. The Labute approximate surface area is 217 Å². The van der Waals surface area contributed by atoms with Crippen LogP contribution in [-0.4, -0.2) is 47.0 Å². The number of rotatable bonds is 8. The second-order valence-corrected chi connectivity index (χ2v) is 8.71. The Kier molecular flexibility index (Phi) is 6.57. The van der Waals surface area contributed by atoms with Gasteiger partial charge in [0.1, 0.15) is 11.5 Å². The molecule has 1 atom stereocenters. The van der Waals surface area contributed by atoms with Gasteiger partial charge >= 0.3 is 12.5 Å². The van der Waals surface area contributed by atoms with Gasteiger partial charge in [-0.3, -0.25) is 4.57 Å². The van der Waals surface area contributed by atoms with E-state index in [4.69, 9.17) is 17.0 Å². The number of nitrogens with one attached hydrogen (secondary N) is 3. The number of aromatic nitrogens is 7. The summed E-state index contributed by atoms with van der Waals surface area (Å²) in [5, 5.41) is 19.3. The van der Waals surface area contributed by atoms with Gasteiger partial charge in [0.15, 0.2) is 5.82 Å². The minimum Gasteiger partial charge on any atom is -0.326 e. The summed E-state index contributed by atoms with van der Waals surface area (Å²) in [6, 6.07) is 6.80. The number of hydrogen-bond donors (Lipinski definition) is 3. The summed E-state index contributed by atoms with van der Waals surface area (Å²) in [5.41, 5.74) is 0.348. The van der Waals surface area contributed by atoms with Crippen LogP contribution in [0.5, 0.6) is 0 Å². The lowest BCUT2D eigenvalue weighted by molar-refractivity contribution is 0.0269. The summed E-state index contributed by atoms with van der Waals surface area (Å²) in [5.74, 6) is -3.78. The van der Waals surface area contributed by atoms with Gasteiger partial charge in [-0.15, -0.1) is 10.2 Å². The van der Waals surface area contributed by atoms with Gasteiger partial charge in [0.2, 0.25) is 17.6 Å². The second-order valence-electron chi connectivity index (χ2n) is 8.31. The van der Waals surface area contributed by atoms with E-state index in [-0.39, 0.29) is 28.2 Å². The Balaban J connectivity index is 1.50. The van der Waals surface area contributed by atoms with Crippen molar-refractivity contribution in [3.8, 4) is 23.0 Å². The Morgan fingerprint density at radius 1 is 1.16 bits per heavy atom. The zero-order valence-corrected chi connectivity index (χ0v) is 20.3. The van der Waals surface area contributed by atoms with Crippen LogP contribution in [0.2, 0.25) is 5.02 Å². The maximum absolute atomic E-state index is 15.5. The lowest BCUT2D eigenvalue weighted by Gasteiger charge is -2.26. The van der Waals surface area contributed by atoms with Gasteiger partial charge in [-0.1, -0.05) is 29.8 Å². The van der Waals surface area contributed by atoms with Crippen molar-refractivity contribution in [1.82, 2.24) is 39.6 Å². The number of allylic oxidation sites excluding steroid dienone is 1. The highest BCUT2D eigenvalue weighted by molar-refractivity contribution is 6.31. The molecular formula is C23H19ClF4N10. The molecule has 15 heteroatoms. The van der Waals surface area contributed by atoms with E-state index in [2.05, 4.69) is 30.5 Å². The smallest absolute Gasteiger partial charge is 0.326 e. The highest BCUT2D eigenvalue weighted by Gasteiger charge is 2.44. The topological polar surface area (TPSA) is 122 Å². The molecule has 0 aliphatic carbocycles. The molecule has 4 heterocycles. The molecule has 3 N–H and O–H groups in total. The van der Waals surface area contributed by atoms with Crippen LogP contribution in [-0.2, 0) is 12.5 Å². The number of halogens is 5. The maximum Gasteiger partial charge on any atom is 0.333 e. The standard InChI is InChI=1S/C23H19ClF4N10/c1-12-10-37-11-16(15-7-9-30-22(32-15)34-17(6-8-29)33-21(25)26)31-18(37)19-35-36-20(38(12)19)23(27,28)13-4-2-3-5-14(13)24/h2-9,11-12,21,29,33H,10H2,1H3,(H,30,32,34)/b17-6+,29-8?/t12-/m0/s1. The third kappa shape index (κ3) is 4.58. The normalized spacial score (nSPS) is 15.2. The molecule has 1 aromatic carbocycles. The molecule has 5 rings (SSSR count). The van der Waals surface area contributed by atoms with Gasteiger partial charge in [-0.05, 0) is 25.1 Å². The predicted octanol–water partition coefficient (Wildman–Crippen LogP) is 4.68. The van der Waals surface area contributed by atoms with Crippen molar-refractivity contribution in [2.75, 3.05) is 5.32 Å². The van der Waals surface area contributed by atoms with Crippen LogP contribution < -0.4 is 10.6 Å². The zero-order valence-electron chi connectivity index (χ0n) is 19.6. The third-order valence-electron chi connectivity index (χ3n) is 5.75. The van der Waals surface area contributed by atoms with E-state index >= 15 is 8.78 Å². The number of benzene rings is 1. The monoisotopic (exact) mass is 546 g/mol. The average molecular weight is 547 g/mol. The summed E-state index contributed by atoms with van der Waals surface area (Å²) in [6.45, 7) is -0.799. The van der Waals surface area contributed by atoms with Crippen molar-refractivity contribution in [3.63, 3.8) is 0 Å². The molecule has 0 bridgehead atoms. The van der Waals surface area contributed by atoms with E-state index in [0.717, 1.165) is 12.3 Å². The summed E-state index contributed by atoms with van der Waals surface area (Å²) < 4.78 is 59.7. The molecule has 0 amide bonds. The minimum absolute atomic E-state index is 0.0204. The highest BCUT2D eigenvalue weighted by atomic mass is 35.5. The first-order valence-electron chi connectivity index (χ1n) is 11.2. The molecule has 0 fully saturated rings. The molecule has 0 spiro atoms. The zero-order chi connectivity index (χ0) is 27.0. The Morgan fingerprint density at radius 3 is 2.68 bits per heavy atom. The molecule has 10 nitrogen and oxygen atoms in total. The van der Waals surface area contributed by atoms with E-state index < -0.39 is 24.3 Å². The highest BCUT2D eigenvalue weighted by Crippen LogP contribution is 2.42. The van der Waals surface area contributed by atoms with Crippen LogP contribution in [0.25, 0.3) is 23.0 Å². The van der Waals surface area contributed by atoms with E-state index in [1.54, 1.807) is 29.8 Å². The molecule has 3 aromatic heterocycles. The van der Waals surface area contributed by atoms with E-state index in [1.807, 2.05) is 5.32 Å². The predicted molar refractivity (Wildman–Crippen MR) is 131 cm³/mol. The average Bonchev–Trinajstić information content (AvgIpc) is 3.50. The van der Waals surface area contributed by atoms with E-state index in [9.17, 15) is 8.78 Å². The van der Waals surface area contributed by atoms with Crippen molar-refractivity contribution in [2.24, 2.45) is 0 Å². The Hall–Kier alpha value is -4.33. The summed E-state index contributed by atoms with van der Waals surface area (Å²) in [4.78, 5) is 12.9.